The van der Waals surface area contributed by atoms with Crippen molar-refractivity contribution in [1.29, 1.82) is 0 Å². The molecule has 1 aliphatic heterocycles. The van der Waals surface area contributed by atoms with Gasteiger partial charge in [0.2, 0.25) is 15.9 Å². The normalized spacial score (nSPS) is 16.5. The maximum atomic E-state index is 15.4. The maximum absolute atomic E-state index is 15.4. The molecule has 2 amide bonds. The standard InChI is InChI=1S/C34H34ClF2N5O5S/c1-47-34(44)41-32(31(22-10-12-24(35)13-11-22)23-6-5-7-25(36)18-23)33(43)40-30-21-39-20-29(37)28(30)15-14-26-19-38-16-17-42(26)48(45,46)27-8-3-2-4-9-27/h2-13,18,20-21,26,31-32,38H,14-17,19H2,1H3,(H,40,43)(H,41,44)/t26-,31-,32-/m0/s1. The van der Waals surface area contributed by atoms with Gasteiger partial charge in [-0.05, 0) is 60.4 Å². The lowest BCUT2D eigenvalue weighted by molar-refractivity contribution is -0.118. The highest BCUT2D eigenvalue weighted by Crippen LogP contribution is 2.32. The van der Waals surface area contributed by atoms with Crippen molar-refractivity contribution < 1.29 is 31.5 Å². The highest BCUT2D eigenvalue weighted by Gasteiger charge is 2.35. The van der Waals surface area contributed by atoms with Crippen molar-refractivity contribution in [3.05, 3.63) is 125 Å². The smallest absolute Gasteiger partial charge is 0.407 e. The van der Waals surface area contributed by atoms with E-state index in [1.165, 1.54) is 40.8 Å². The highest BCUT2D eigenvalue weighted by atomic mass is 35.5. The molecule has 14 heteroatoms. The van der Waals surface area contributed by atoms with Crippen molar-refractivity contribution in [3.63, 3.8) is 0 Å². The topological polar surface area (TPSA) is 130 Å². The number of sulfonamides is 1. The van der Waals surface area contributed by atoms with Crippen molar-refractivity contribution in [2.75, 3.05) is 32.1 Å². The Kier molecular flexibility index (Phi) is 11.4. The number of rotatable bonds is 11. The Morgan fingerprint density at radius 1 is 1.04 bits per heavy atom. The van der Waals surface area contributed by atoms with Gasteiger partial charge in [-0.1, -0.05) is 54.1 Å². The van der Waals surface area contributed by atoms with Gasteiger partial charge in [-0.25, -0.2) is 22.0 Å². The number of nitrogens with zero attached hydrogens (tertiary/aromatic N) is 2. The van der Waals surface area contributed by atoms with Crippen LogP contribution < -0.4 is 16.0 Å². The van der Waals surface area contributed by atoms with E-state index in [2.05, 4.69) is 20.9 Å². The second-order valence-corrected chi connectivity index (χ2v) is 13.5. The third kappa shape index (κ3) is 8.16. The Labute approximate surface area is 282 Å². The van der Waals surface area contributed by atoms with Gasteiger partial charge in [0.15, 0.2) is 0 Å². The fourth-order valence-corrected chi connectivity index (χ4v) is 7.61. The van der Waals surface area contributed by atoms with Gasteiger partial charge in [-0.2, -0.15) is 4.31 Å². The molecule has 0 bridgehead atoms. The Morgan fingerprint density at radius 2 is 1.79 bits per heavy atom. The molecule has 3 N–H and O–H groups in total. The van der Waals surface area contributed by atoms with Crippen LogP contribution >= 0.6 is 11.6 Å². The van der Waals surface area contributed by atoms with E-state index in [1.807, 2.05) is 0 Å². The van der Waals surface area contributed by atoms with Gasteiger partial charge in [-0.3, -0.25) is 9.78 Å². The van der Waals surface area contributed by atoms with Crippen LogP contribution in [-0.4, -0.2) is 68.5 Å². The summed E-state index contributed by atoms with van der Waals surface area (Å²) in [6.07, 6.45) is 1.64. The number of methoxy groups -OCH3 is 1. The first kappa shape index (κ1) is 34.9. The van der Waals surface area contributed by atoms with Crippen molar-refractivity contribution in [3.8, 4) is 0 Å². The summed E-state index contributed by atoms with van der Waals surface area (Å²) in [6, 6.07) is 18.3. The van der Waals surface area contributed by atoms with Gasteiger partial charge in [0.05, 0.1) is 30.1 Å². The summed E-state index contributed by atoms with van der Waals surface area (Å²) in [7, 11) is -2.68. The predicted molar refractivity (Wildman–Crippen MR) is 177 cm³/mol. The fourth-order valence-electron chi connectivity index (χ4n) is 5.81. The molecular formula is C34H34ClF2N5O5S. The number of aromatic nitrogens is 1. The Hall–Kier alpha value is -4.43. The average Bonchev–Trinajstić information content (AvgIpc) is 3.09. The summed E-state index contributed by atoms with van der Waals surface area (Å²) in [5, 5.41) is 8.89. The van der Waals surface area contributed by atoms with Crippen LogP contribution in [0.1, 0.15) is 29.0 Å². The van der Waals surface area contributed by atoms with E-state index in [9.17, 15) is 22.4 Å². The van der Waals surface area contributed by atoms with Crippen molar-refractivity contribution in [2.45, 2.75) is 35.7 Å². The molecule has 5 rings (SSSR count). The van der Waals surface area contributed by atoms with Crippen LogP contribution in [0, 0.1) is 11.6 Å². The minimum atomic E-state index is -3.82. The fraction of sp³-hybridized carbons (Fsp3) is 0.265. The predicted octanol–water partition coefficient (Wildman–Crippen LogP) is 5.10. The summed E-state index contributed by atoms with van der Waals surface area (Å²) in [5.74, 6) is -2.94. The van der Waals surface area contributed by atoms with E-state index in [1.54, 1.807) is 48.5 Å². The van der Waals surface area contributed by atoms with E-state index in [-0.39, 0.29) is 35.5 Å². The number of hydrogen-bond acceptors (Lipinski definition) is 7. The monoisotopic (exact) mass is 697 g/mol. The van der Waals surface area contributed by atoms with Crippen LogP contribution in [-0.2, 0) is 26.0 Å². The van der Waals surface area contributed by atoms with E-state index < -0.39 is 51.7 Å². The summed E-state index contributed by atoms with van der Waals surface area (Å²) in [5.41, 5.74) is 1.04. The quantitative estimate of drug-likeness (QED) is 0.199. The maximum Gasteiger partial charge on any atom is 0.407 e. The van der Waals surface area contributed by atoms with Crippen LogP contribution in [0.2, 0.25) is 5.02 Å². The SMILES string of the molecule is COC(=O)N[C@H](C(=O)Nc1cncc(F)c1CC[C@H]1CNCCN1S(=O)(=O)c1ccccc1)[C@@H](c1ccc(Cl)cc1)c1cccc(F)c1. The van der Waals surface area contributed by atoms with Gasteiger partial charge >= 0.3 is 6.09 Å². The van der Waals surface area contributed by atoms with Crippen molar-refractivity contribution >= 4 is 39.3 Å². The lowest BCUT2D eigenvalue weighted by atomic mass is 9.84. The number of alkyl carbamates (subject to hydrolysis) is 1. The number of nitrogens with one attached hydrogen (secondary N) is 3. The van der Waals surface area contributed by atoms with Gasteiger partial charge in [0.1, 0.15) is 17.7 Å². The third-order valence-corrected chi connectivity index (χ3v) is 10.4. The number of hydrogen-bond donors (Lipinski definition) is 3. The molecule has 0 spiro atoms. The van der Waals surface area contributed by atoms with Crippen LogP contribution in [0.3, 0.4) is 0 Å². The number of carbonyl (C=O) groups excluding carboxylic acids is 2. The molecule has 48 heavy (non-hydrogen) atoms. The Bertz CT molecular complexity index is 1850. The lowest BCUT2D eigenvalue weighted by Gasteiger charge is -2.35. The molecule has 252 valence electrons. The number of benzene rings is 3. The zero-order valence-corrected chi connectivity index (χ0v) is 27.5. The molecule has 3 atom stereocenters. The summed E-state index contributed by atoms with van der Waals surface area (Å²) < 4.78 is 63.0. The molecule has 1 fully saturated rings. The minimum Gasteiger partial charge on any atom is -0.453 e. The molecule has 0 aliphatic carbocycles. The number of piperazine rings is 1. The van der Waals surface area contributed by atoms with Crippen LogP contribution in [0.4, 0.5) is 19.3 Å². The largest absolute Gasteiger partial charge is 0.453 e. The molecule has 0 radical (unpaired) electrons. The second-order valence-electron chi connectivity index (χ2n) is 11.2. The number of halogens is 3. The molecule has 1 aromatic heterocycles. The zero-order valence-electron chi connectivity index (χ0n) is 25.9. The van der Waals surface area contributed by atoms with E-state index >= 15 is 4.39 Å². The first-order chi connectivity index (χ1) is 23.1. The number of amides is 2. The highest BCUT2D eigenvalue weighted by molar-refractivity contribution is 7.89. The Morgan fingerprint density at radius 3 is 2.50 bits per heavy atom. The van der Waals surface area contributed by atoms with Gasteiger partial charge in [0.25, 0.3) is 0 Å². The van der Waals surface area contributed by atoms with Crippen LogP contribution in [0.15, 0.2) is 96.2 Å². The number of pyridine rings is 1. The minimum absolute atomic E-state index is 0.0343. The first-order valence-corrected chi connectivity index (χ1v) is 17.0. The molecule has 1 saturated heterocycles. The van der Waals surface area contributed by atoms with E-state index in [0.717, 1.165) is 13.3 Å². The summed E-state index contributed by atoms with van der Waals surface area (Å²) in [4.78, 5) is 30.7. The Balaban J connectivity index is 1.44. The van der Waals surface area contributed by atoms with Gasteiger partial charge in [-0.15, -0.1) is 0 Å². The van der Waals surface area contributed by atoms with Gasteiger partial charge < -0.3 is 20.7 Å². The average molecular weight is 698 g/mol. The zero-order chi connectivity index (χ0) is 34.3. The van der Waals surface area contributed by atoms with E-state index in [0.29, 0.717) is 29.2 Å². The molecule has 1 aliphatic rings. The van der Waals surface area contributed by atoms with Gasteiger partial charge in [0, 0.05) is 42.2 Å². The van der Waals surface area contributed by atoms with E-state index in [4.69, 9.17) is 16.3 Å². The molecule has 4 aromatic rings. The molecular weight excluding hydrogens is 664 g/mol. The summed E-state index contributed by atoms with van der Waals surface area (Å²) in [6.45, 7) is 1.04. The van der Waals surface area contributed by atoms with Crippen molar-refractivity contribution in [2.24, 2.45) is 0 Å². The lowest BCUT2D eigenvalue weighted by Crippen LogP contribution is -2.53. The van der Waals surface area contributed by atoms with Crippen molar-refractivity contribution in [1.82, 2.24) is 19.9 Å². The van der Waals surface area contributed by atoms with Crippen LogP contribution in [0.5, 0.6) is 0 Å². The number of anilines is 1. The molecule has 0 unspecified atom stereocenters. The number of carbonyl (C=O) groups is 2. The molecule has 3 aromatic carbocycles. The molecule has 2 heterocycles. The second kappa shape index (κ2) is 15.6. The molecule has 10 nitrogen and oxygen atoms in total. The third-order valence-electron chi connectivity index (χ3n) is 8.15. The van der Waals surface area contributed by atoms with Crippen LogP contribution in [0.25, 0.3) is 0 Å². The molecule has 0 saturated carbocycles. The summed E-state index contributed by atoms with van der Waals surface area (Å²) >= 11 is 6.12. The first-order valence-electron chi connectivity index (χ1n) is 15.1. The number of ether oxygens (including phenoxy) is 1.